The van der Waals surface area contributed by atoms with Crippen molar-refractivity contribution in [3.8, 4) is 0 Å². The van der Waals surface area contributed by atoms with Crippen LogP contribution in [0.2, 0.25) is 0 Å². The molecule has 0 aromatic carbocycles. The van der Waals surface area contributed by atoms with Crippen LogP contribution >= 0.6 is 0 Å². The Hall–Kier alpha value is -2.05. The number of aromatic nitrogens is 2. The number of carboxylic acid groups (broad SMARTS) is 1. The molecular weight excluding hydrogens is 260 g/mol. The number of carboxylic acids is 1. The zero-order valence-corrected chi connectivity index (χ0v) is 11.8. The highest BCUT2D eigenvalue weighted by atomic mass is 16.4. The van der Waals surface area contributed by atoms with Crippen LogP contribution < -0.4 is 10.6 Å². The molecule has 20 heavy (non-hydrogen) atoms. The number of hydrogen-bond donors (Lipinski definition) is 3. The second kappa shape index (κ2) is 5.52. The molecule has 1 saturated carbocycles. The third-order valence-electron chi connectivity index (χ3n) is 3.86. The molecule has 0 saturated heterocycles. The number of amides is 2. The average Bonchev–Trinajstić information content (AvgIpc) is 2.95. The number of nitrogens with zero attached hydrogens (tertiary/aromatic N) is 2. The maximum atomic E-state index is 11.8. The van der Waals surface area contributed by atoms with Crippen molar-refractivity contribution < 1.29 is 14.7 Å². The Balaban J connectivity index is 1.92. The third-order valence-corrected chi connectivity index (χ3v) is 3.86. The number of nitrogens with one attached hydrogen (secondary N) is 2. The highest BCUT2D eigenvalue weighted by molar-refractivity contribution is 5.90. The van der Waals surface area contributed by atoms with Gasteiger partial charge in [-0.25, -0.2) is 4.79 Å². The van der Waals surface area contributed by atoms with E-state index in [1.165, 1.54) is 0 Å². The lowest BCUT2D eigenvalue weighted by Gasteiger charge is -2.23. The summed E-state index contributed by atoms with van der Waals surface area (Å²) in [4.78, 5) is 23.2. The van der Waals surface area contributed by atoms with Crippen LogP contribution in [-0.2, 0) is 11.8 Å². The number of carbonyl (C=O) groups is 2. The molecule has 1 aromatic heterocycles. The van der Waals surface area contributed by atoms with Crippen molar-refractivity contribution in [1.82, 2.24) is 15.1 Å². The number of anilines is 1. The number of rotatable bonds is 4. The molecule has 3 N–H and O–H groups in total. The predicted molar refractivity (Wildman–Crippen MR) is 73.5 cm³/mol. The maximum Gasteiger partial charge on any atom is 0.319 e. The van der Waals surface area contributed by atoms with Gasteiger partial charge in [-0.15, -0.1) is 0 Å². The fourth-order valence-corrected chi connectivity index (χ4v) is 2.66. The van der Waals surface area contributed by atoms with E-state index < -0.39 is 17.4 Å². The normalized spacial score (nSPS) is 16.9. The highest BCUT2D eigenvalue weighted by Crippen LogP contribution is 2.37. The topological polar surface area (TPSA) is 96.3 Å². The van der Waals surface area contributed by atoms with Gasteiger partial charge in [0.2, 0.25) is 0 Å². The summed E-state index contributed by atoms with van der Waals surface area (Å²) in [5.74, 6) is -0.826. The van der Waals surface area contributed by atoms with E-state index in [1.54, 1.807) is 24.9 Å². The van der Waals surface area contributed by atoms with Gasteiger partial charge in [-0.2, -0.15) is 5.10 Å². The van der Waals surface area contributed by atoms with E-state index >= 15 is 0 Å². The predicted octanol–water partition coefficient (Wildman–Crippen LogP) is 1.50. The summed E-state index contributed by atoms with van der Waals surface area (Å²) >= 11 is 0. The number of hydrogen-bond acceptors (Lipinski definition) is 3. The van der Waals surface area contributed by atoms with Crippen molar-refractivity contribution >= 4 is 17.7 Å². The molecule has 0 spiro atoms. The standard InChI is InChI=1S/C13H20N4O3/c1-9-10(7-17(2)16-9)15-12(20)14-8-13(11(18)19)5-3-4-6-13/h7H,3-6,8H2,1-2H3,(H,18,19)(H2,14,15,20). The molecule has 1 aromatic rings. The summed E-state index contributed by atoms with van der Waals surface area (Å²) in [6, 6.07) is -0.395. The van der Waals surface area contributed by atoms with Gasteiger partial charge in [-0.05, 0) is 19.8 Å². The molecule has 1 heterocycles. The van der Waals surface area contributed by atoms with E-state index in [2.05, 4.69) is 15.7 Å². The number of carbonyl (C=O) groups excluding carboxylic acids is 1. The lowest BCUT2D eigenvalue weighted by Crippen LogP contribution is -2.42. The zero-order chi connectivity index (χ0) is 14.8. The van der Waals surface area contributed by atoms with Crippen LogP contribution in [0.25, 0.3) is 0 Å². The average molecular weight is 280 g/mol. The Kier molecular flexibility index (Phi) is 3.96. The molecule has 7 nitrogen and oxygen atoms in total. The van der Waals surface area contributed by atoms with Crippen molar-refractivity contribution in [1.29, 1.82) is 0 Å². The van der Waals surface area contributed by atoms with Gasteiger partial charge in [0.05, 0.1) is 16.8 Å². The van der Waals surface area contributed by atoms with Crippen molar-refractivity contribution in [3.63, 3.8) is 0 Å². The molecule has 0 aliphatic heterocycles. The summed E-state index contributed by atoms with van der Waals surface area (Å²) in [5, 5.41) is 18.8. The molecule has 0 unspecified atom stereocenters. The van der Waals surface area contributed by atoms with Crippen molar-refractivity contribution in [2.24, 2.45) is 12.5 Å². The lowest BCUT2D eigenvalue weighted by molar-refractivity contribution is -0.148. The maximum absolute atomic E-state index is 11.8. The molecular formula is C13H20N4O3. The van der Waals surface area contributed by atoms with E-state index in [9.17, 15) is 14.7 Å². The van der Waals surface area contributed by atoms with Gasteiger partial charge in [0.25, 0.3) is 0 Å². The molecule has 1 aliphatic carbocycles. The molecule has 1 fully saturated rings. The molecule has 0 radical (unpaired) electrons. The minimum absolute atomic E-state index is 0.160. The van der Waals surface area contributed by atoms with Crippen LogP contribution in [0.5, 0.6) is 0 Å². The van der Waals surface area contributed by atoms with E-state index in [-0.39, 0.29) is 6.54 Å². The van der Waals surface area contributed by atoms with Crippen LogP contribution in [0.3, 0.4) is 0 Å². The molecule has 0 atom stereocenters. The van der Waals surface area contributed by atoms with Crippen molar-refractivity contribution in [2.75, 3.05) is 11.9 Å². The van der Waals surface area contributed by atoms with E-state index in [0.29, 0.717) is 18.5 Å². The van der Waals surface area contributed by atoms with Crippen molar-refractivity contribution in [3.05, 3.63) is 11.9 Å². The van der Waals surface area contributed by atoms with Gasteiger partial charge in [0.15, 0.2) is 0 Å². The quantitative estimate of drug-likeness (QED) is 0.778. The summed E-state index contributed by atoms with van der Waals surface area (Å²) < 4.78 is 1.61. The summed E-state index contributed by atoms with van der Waals surface area (Å²) in [6.45, 7) is 1.96. The van der Waals surface area contributed by atoms with E-state index in [1.807, 2.05) is 0 Å². The first-order chi connectivity index (χ1) is 9.43. The Morgan fingerprint density at radius 3 is 2.60 bits per heavy atom. The molecule has 2 rings (SSSR count). The minimum Gasteiger partial charge on any atom is -0.481 e. The summed E-state index contributed by atoms with van der Waals surface area (Å²) in [7, 11) is 1.77. The van der Waals surface area contributed by atoms with Gasteiger partial charge < -0.3 is 15.7 Å². The number of urea groups is 1. The van der Waals surface area contributed by atoms with Crippen molar-refractivity contribution in [2.45, 2.75) is 32.6 Å². The number of aliphatic carboxylic acids is 1. The second-order valence-corrected chi connectivity index (χ2v) is 5.40. The fourth-order valence-electron chi connectivity index (χ4n) is 2.66. The SMILES string of the molecule is Cc1nn(C)cc1NC(=O)NCC1(C(=O)O)CCCC1. The van der Waals surface area contributed by atoms with Crippen LogP contribution in [0.1, 0.15) is 31.4 Å². The number of aryl methyl sites for hydroxylation is 2. The first-order valence-electron chi connectivity index (χ1n) is 6.71. The van der Waals surface area contributed by atoms with Crippen LogP contribution in [0, 0.1) is 12.3 Å². The Morgan fingerprint density at radius 1 is 1.45 bits per heavy atom. The first kappa shape index (κ1) is 14.4. The van der Waals surface area contributed by atoms with Gasteiger partial charge >= 0.3 is 12.0 Å². The fraction of sp³-hybridized carbons (Fsp3) is 0.615. The zero-order valence-electron chi connectivity index (χ0n) is 11.8. The Morgan fingerprint density at radius 2 is 2.10 bits per heavy atom. The smallest absolute Gasteiger partial charge is 0.319 e. The summed E-state index contributed by atoms with van der Waals surface area (Å²) in [5.41, 5.74) is 0.540. The highest BCUT2D eigenvalue weighted by Gasteiger charge is 2.41. The van der Waals surface area contributed by atoms with Crippen LogP contribution in [0.15, 0.2) is 6.20 Å². The molecule has 7 heteroatoms. The monoisotopic (exact) mass is 280 g/mol. The first-order valence-corrected chi connectivity index (χ1v) is 6.71. The van der Waals surface area contributed by atoms with E-state index in [0.717, 1.165) is 18.5 Å². The van der Waals surface area contributed by atoms with E-state index in [4.69, 9.17) is 0 Å². The van der Waals surface area contributed by atoms with Crippen LogP contribution in [-0.4, -0.2) is 33.4 Å². The minimum atomic E-state index is -0.826. The van der Waals surface area contributed by atoms with Gasteiger partial charge in [0, 0.05) is 19.8 Å². The van der Waals surface area contributed by atoms with Gasteiger partial charge in [0.1, 0.15) is 0 Å². The summed E-state index contributed by atoms with van der Waals surface area (Å²) in [6.07, 6.45) is 4.75. The van der Waals surface area contributed by atoms with Gasteiger partial charge in [-0.3, -0.25) is 9.48 Å². The lowest BCUT2D eigenvalue weighted by atomic mass is 9.86. The van der Waals surface area contributed by atoms with Crippen LogP contribution in [0.4, 0.5) is 10.5 Å². The third kappa shape index (κ3) is 2.92. The molecule has 1 aliphatic rings. The molecule has 2 amide bonds. The Bertz CT molecular complexity index is 518. The second-order valence-electron chi connectivity index (χ2n) is 5.40. The largest absolute Gasteiger partial charge is 0.481 e. The molecule has 0 bridgehead atoms. The molecule has 110 valence electrons. The Labute approximate surface area is 117 Å². The van der Waals surface area contributed by atoms with Gasteiger partial charge in [-0.1, -0.05) is 12.8 Å².